The van der Waals surface area contributed by atoms with Crippen LogP contribution in [0.25, 0.3) is 6.08 Å². The minimum absolute atomic E-state index is 0.271. The van der Waals surface area contributed by atoms with Crippen LogP contribution in [0.4, 0.5) is 0 Å². The van der Waals surface area contributed by atoms with Crippen molar-refractivity contribution < 1.29 is 28.6 Å². The Bertz CT molecular complexity index is 731. The van der Waals surface area contributed by atoms with Crippen molar-refractivity contribution in [2.45, 2.75) is 12.8 Å². The number of methoxy groups -OCH3 is 2. The zero-order valence-electron chi connectivity index (χ0n) is 15.5. The highest BCUT2D eigenvalue weighted by Gasteiger charge is 2.27. The third-order valence-electron chi connectivity index (χ3n) is 4.33. The van der Waals surface area contributed by atoms with Gasteiger partial charge in [0.1, 0.15) is 0 Å². The van der Waals surface area contributed by atoms with E-state index < -0.39 is 11.9 Å². The molecule has 0 aromatic heterocycles. The van der Waals surface area contributed by atoms with Crippen LogP contribution in [0.1, 0.15) is 18.4 Å². The molecule has 8 nitrogen and oxygen atoms in total. The number of nitrogens with two attached hydrogens (primary N) is 1. The first-order valence-corrected chi connectivity index (χ1v) is 8.58. The van der Waals surface area contributed by atoms with E-state index in [2.05, 4.69) is 0 Å². The van der Waals surface area contributed by atoms with Gasteiger partial charge in [-0.2, -0.15) is 0 Å². The van der Waals surface area contributed by atoms with Gasteiger partial charge in [0.2, 0.25) is 5.91 Å². The van der Waals surface area contributed by atoms with Crippen LogP contribution in [0.5, 0.6) is 11.5 Å². The van der Waals surface area contributed by atoms with Crippen LogP contribution in [0.2, 0.25) is 0 Å². The molecule has 1 aliphatic heterocycles. The van der Waals surface area contributed by atoms with Crippen LogP contribution in [0.15, 0.2) is 24.3 Å². The molecule has 1 heterocycles. The van der Waals surface area contributed by atoms with Gasteiger partial charge in [-0.1, -0.05) is 6.07 Å². The van der Waals surface area contributed by atoms with Crippen molar-refractivity contribution in [1.82, 2.24) is 4.90 Å². The van der Waals surface area contributed by atoms with Crippen LogP contribution in [0.3, 0.4) is 0 Å². The lowest BCUT2D eigenvalue weighted by Gasteiger charge is -2.30. The maximum atomic E-state index is 12.1. The Labute approximate surface area is 157 Å². The standard InChI is InChI=1S/C19H24N2O6/c1-25-15-7-5-13(10-16(15)26-2)6-8-18(23)27-12-17(22)21-9-3-4-14(11-21)19(20)24/h5-8,10,14H,3-4,9,11-12H2,1-2H3,(H2,20,24)/b8-6+/t14-/m1/s1. The summed E-state index contributed by atoms with van der Waals surface area (Å²) in [5.74, 6) is -0.614. The number of primary amides is 1. The summed E-state index contributed by atoms with van der Waals surface area (Å²) in [6.07, 6.45) is 4.16. The smallest absolute Gasteiger partial charge is 0.331 e. The van der Waals surface area contributed by atoms with E-state index in [1.165, 1.54) is 25.2 Å². The van der Waals surface area contributed by atoms with Crippen LogP contribution >= 0.6 is 0 Å². The lowest BCUT2D eigenvalue weighted by atomic mass is 9.97. The fraction of sp³-hybridized carbons (Fsp3) is 0.421. The van der Waals surface area contributed by atoms with Gasteiger partial charge in [-0.3, -0.25) is 9.59 Å². The van der Waals surface area contributed by atoms with Gasteiger partial charge in [0.05, 0.1) is 20.1 Å². The minimum atomic E-state index is -0.637. The molecular weight excluding hydrogens is 352 g/mol. The molecule has 0 radical (unpaired) electrons. The summed E-state index contributed by atoms with van der Waals surface area (Å²) in [5, 5.41) is 0. The number of esters is 1. The zero-order chi connectivity index (χ0) is 19.8. The summed E-state index contributed by atoms with van der Waals surface area (Å²) in [7, 11) is 3.06. The van der Waals surface area contributed by atoms with Gasteiger partial charge in [-0.05, 0) is 36.6 Å². The topological polar surface area (TPSA) is 108 Å². The van der Waals surface area contributed by atoms with Crippen molar-refractivity contribution in [2.24, 2.45) is 11.7 Å². The Morgan fingerprint density at radius 1 is 1.22 bits per heavy atom. The Hall–Kier alpha value is -3.03. The average molecular weight is 376 g/mol. The summed E-state index contributed by atoms with van der Waals surface area (Å²) in [6, 6.07) is 5.19. The van der Waals surface area contributed by atoms with Crippen molar-refractivity contribution in [3.63, 3.8) is 0 Å². The monoisotopic (exact) mass is 376 g/mol. The molecule has 2 N–H and O–H groups in total. The molecule has 0 bridgehead atoms. The van der Waals surface area contributed by atoms with Gasteiger partial charge in [0, 0.05) is 19.2 Å². The summed E-state index contributed by atoms with van der Waals surface area (Å²) in [6.45, 7) is 0.426. The molecule has 2 amide bonds. The van der Waals surface area contributed by atoms with Crippen molar-refractivity contribution in [3.8, 4) is 11.5 Å². The summed E-state index contributed by atoms with van der Waals surface area (Å²) in [4.78, 5) is 36.8. The van der Waals surface area contributed by atoms with E-state index in [-0.39, 0.29) is 25.0 Å². The molecule has 1 aromatic carbocycles. The molecule has 2 rings (SSSR count). The van der Waals surface area contributed by atoms with Gasteiger partial charge in [-0.15, -0.1) is 0 Å². The van der Waals surface area contributed by atoms with Crippen molar-refractivity contribution >= 4 is 23.9 Å². The van der Waals surface area contributed by atoms with Gasteiger partial charge in [0.25, 0.3) is 5.91 Å². The maximum Gasteiger partial charge on any atom is 0.331 e. The number of hydrogen-bond acceptors (Lipinski definition) is 6. The second-order valence-corrected chi connectivity index (χ2v) is 6.14. The molecule has 1 saturated heterocycles. The third-order valence-corrected chi connectivity index (χ3v) is 4.33. The molecule has 146 valence electrons. The second-order valence-electron chi connectivity index (χ2n) is 6.14. The molecule has 0 spiro atoms. The normalized spacial score (nSPS) is 16.8. The first-order valence-electron chi connectivity index (χ1n) is 8.58. The van der Waals surface area contributed by atoms with Crippen LogP contribution < -0.4 is 15.2 Å². The van der Waals surface area contributed by atoms with Gasteiger partial charge in [-0.25, -0.2) is 4.79 Å². The molecule has 1 aromatic rings. The summed E-state index contributed by atoms with van der Waals surface area (Å²) < 4.78 is 15.3. The number of ether oxygens (including phenoxy) is 3. The van der Waals surface area contributed by atoms with E-state index in [9.17, 15) is 14.4 Å². The van der Waals surface area contributed by atoms with Crippen LogP contribution in [0, 0.1) is 5.92 Å². The predicted octanol–water partition coefficient (Wildman–Crippen LogP) is 0.984. The Kier molecular flexibility index (Phi) is 7.22. The highest BCUT2D eigenvalue weighted by Crippen LogP contribution is 2.27. The highest BCUT2D eigenvalue weighted by molar-refractivity contribution is 5.89. The predicted molar refractivity (Wildman–Crippen MR) is 98.0 cm³/mol. The number of nitrogens with zero attached hydrogens (tertiary/aromatic N) is 1. The molecule has 1 atom stereocenters. The van der Waals surface area contributed by atoms with Gasteiger partial charge >= 0.3 is 5.97 Å². The van der Waals surface area contributed by atoms with E-state index in [4.69, 9.17) is 19.9 Å². The Morgan fingerprint density at radius 3 is 2.63 bits per heavy atom. The number of amides is 2. The van der Waals surface area contributed by atoms with E-state index in [1.54, 1.807) is 24.3 Å². The molecule has 0 unspecified atom stereocenters. The largest absolute Gasteiger partial charge is 0.493 e. The van der Waals surface area contributed by atoms with Crippen molar-refractivity contribution in [3.05, 3.63) is 29.8 Å². The van der Waals surface area contributed by atoms with Gasteiger partial charge in [0.15, 0.2) is 18.1 Å². The average Bonchev–Trinajstić information content (AvgIpc) is 2.70. The molecule has 8 heteroatoms. The number of likely N-dealkylation sites (tertiary alicyclic amines) is 1. The maximum absolute atomic E-state index is 12.1. The lowest BCUT2D eigenvalue weighted by Crippen LogP contribution is -2.45. The summed E-state index contributed by atoms with van der Waals surface area (Å²) >= 11 is 0. The first kappa shape index (κ1) is 20.3. The molecule has 0 aliphatic carbocycles. The van der Waals surface area contributed by atoms with E-state index in [0.717, 1.165) is 5.56 Å². The number of carbonyl (C=O) groups excluding carboxylic acids is 3. The zero-order valence-corrected chi connectivity index (χ0v) is 15.5. The fourth-order valence-electron chi connectivity index (χ4n) is 2.83. The molecule has 27 heavy (non-hydrogen) atoms. The lowest BCUT2D eigenvalue weighted by molar-refractivity contribution is -0.149. The van der Waals surface area contributed by atoms with Crippen LogP contribution in [-0.2, 0) is 19.1 Å². The first-order chi connectivity index (χ1) is 12.9. The van der Waals surface area contributed by atoms with Crippen LogP contribution in [-0.4, -0.2) is 56.6 Å². The quantitative estimate of drug-likeness (QED) is 0.561. The van der Waals surface area contributed by atoms with E-state index >= 15 is 0 Å². The third kappa shape index (κ3) is 5.73. The number of hydrogen-bond donors (Lipinski definition) is 1. The molecule has 1 fully saturated rings. The number of carbonyl (C=O) groups is 3. The minimum Gasteiger partial charge on any atom is -0.493 e. The number of rotatable bonds is 7. The number of benzene rings is 1. The summed E-state index contributed by atoms with van der Waals surface area (Å²) in [5.41, 5.74) is 6.02. The second kappa shape index (κ2) is 9.61. The molecular formula is C19H24N2O6. The highest BCUT2D eigenvalue weighted by atomic mass is 16.5. The van der Waals surface area contributed by atoms with E-state index in [0.29, 0.717) is 30.9 Å². The fourth-order valence-corrected chi connectivity index (χ4v) is 2.83. The van der Waals surface area contributed by atoms with Gasteiger partial charge < -0.3 is 24.8 Å². The van der Waals surface area contributed by atoms with Crippen molar-refractivity contribution in [2.75, 3.05) is 33.9 Å². The SMILES string of the molecule is COc1ccc(/C=C/C(=O)OCC(=O)N2CCC[C@@H](C(N)=O)C2)cc1OC. The van der Waals surface area contributed by atoms with Crippen molar-refractivity contribution in [1.29, 1.82) is 0 Å². The number of piperidine rings is 1. The Balaban J connectivity index is 1.86. The molecule has 0 saturated carbocycles. The Morgan fingerprint density at radius 2 is 1.96 bits per heavy atom. The molecule has 1 aliphatic rings. The van der Waals surface area contributed by atoms with E-state index in [1.807, 2.05) is 0 Å².